The number of hydrogen-bond donors (Lipinski definition) is 2. The van der Waals surface area contributed by atoms with E-state index in [0.717, 1.165) is 18.5 Å². The summed E-state index contributed by atoms with van der Waals surface area (Å²) in [5.41, 5.74) is 0.900. The minimum absolute atomic E-state index is 0.364. The molecule has 6 heteroatoms. The molecular formula is C15H27N3O2S. The van der Waals surface area contributed by atoms with Crippen molar-refractivity contribution in [3.05, 3.63) is 18.0 Å². The molecule has 0 spiro atoms. The Morgan fingerprint density at radius 2 is 2.05 bits per heavy atom. The maximum absolute atomic E-state index is 12.6. The number of hydrogen-bond acceptors (Lipinski definition) is 3. The molecule has 21 heavy (non-hydrogen) atoms. The smallest absolute Gasteiger partial charge is 0.244 e. The minimum Gasteiger partial charge on any atom is -0.363 e. The zero-order valence-electron chi connectivity index (χ0n) is 13.2. The van der Waals surface area contributed by atoms with E-state index in [9.17, 15) is 8.42 Å². The predicted octanol–water partition coefficient (Wildman–Crippen LogP) is 2.32. The SMILES string of the molecule is CC(C)NCc1cc(S(=O)(=O)N(C)CC2CCCC2)c[nH]1. The lowest BCUT2D eigenvalue weighted by atomic mass is 10.1. The van der Waals surface area contributed by atoms with Crippen molar-refractivity contribution in [3.63, 3.8) is 0 Å². The summed E-state index contributed by atoms with van der Waals surface area (Å²) in [6.45, 7) is 5.42. The van der Waals surface area contributed by atoms with Crippen molar-refractivity contribution in [1.29, 1.82) is 0 Å². The Kier molecular flexibility index (Phi) is 5.46. The van der Waals surface area contributed by atoms with Crippen LogP contribution in [0.25, 0.3) is 0 Å². The lowest BCUT2D eigenvalue weighted by molar-refractivity contribution is 0.387. The summed E-state index contributed by atoms with van der Waals surface area (Å²) in [5.74, 6) is 0.519. The van der Waals surface area contributed by atoms with Gasteiger partial charge in [-0.05, 0) is 24.8 Å². The number of rotatable bonds is 7. The average Bonchev–Trinajstić information content (AvgIpc) is 3.07. The lowest BCUT2D eigenvalue weighted by Crippen LogP contribution is -2.31. The molecule has 0 aromatic carbocycles. The number of nitrogens with one attached hydrogen (secondary N) is 2. The molecule has 0 bridgehead atoms. The molecule has 2 rings (SSSR count). The molecule has 1 heterocycles. The summed E-state index contributed by atoms with van der Waals surface area (Å²) < 4.78 is 26.6. The van der Waals surface area contributed by atoms with Crippen LogP contribution in [-0.2, 0) is 16.6 Å². The first-order valence-electron chi connectivity index (χ1n) is 7.76. The van der Waals surface area contributed by atoms with Crippen LogP contribution in [0.1, 0.15) is 45.2 Å². The van der Waals surface area contributed by atoms with Gasteiger partial charge in [-0.1, -0.05) is 26.7 Å². The summed E-state index contributed by atoms with van der Waals surface area (Å²) >= 11 is 0. The normalized spacial score (nSPS) is 17.2. The summed E-state index contributed by atoms with van der Waals surface area (Å²) in [6.07, 6.45) is 6.35. The van der Waals surface area contributed by atoms with Gasteiger partial charge in [0.2, 0.25) is 10.0 Å². The Labute approximate surface area is 128 Å². The zero-order chi connectivity index (χ0) is 15.5. The number of aromatic nitrogens is 1. The van der Waals surface area contributed by atoms with Crippen molar-refractivity contribution in [3.8, 4) is 0 Å². The summed E-state index contributed by atoms with van der Waals surface area (Å²) in [6, 6.07) is 2.11. The molecule has 1 fully saturated rings. The molecule has 1 aromatic rings. The summed E-state index contributed by atoms with van der Waals surface area (Å²) in [5, 5.41) is 3.27. The van der Waals surface area contributed by atoms with Crippen molar-refractivity contribution < 1.29 is 8.42 Å². The molecule has 0 unspecified atom stereocenters. The van der Waals surface area contributed by atoms with E-state index >= 15 is 0 Å². The largest absolute Gasteiger partial charge is 0.363 e. The Morgan fingerprint density at radius 3 is 2.67 bits per heavy atom. The highest BCUT2D eigenvalue weighted by atomic mass is 32.2. The van der Waals surface area contributed by atoms with Crippen LogP contribution in [0.5, 0.6) is 0 Å². The van der Waals surface area contributed by atoms with Gasteiger partial charge in [-0.3, -0.25) is 0 Å². The molecule has 5 nitrogen and oxygen atoms in total. The average molecular weight is 313 g/mol. The van der Waals surface area contributed by atoms with E-state index in [-0.39, 0.29) is 0 Å². The maximum Gasteiger partial charge on any atom is 0.244 e. The van der Waals surface area contributed by atoms with E-state index in [0.29, 0.717) is 29.9 Å². The fourth-order valence-corrected chi connectivity index (χ4v) is 4.08. The van der Waals surface area contributed by atoms with Crippen LogP contribution in [-0.4, -0.2) is 37.3 Å². The van der Waals surface area contributed by atoms with Gasteiger partial charge in [0.1, 0.15) is 0 Å². The van der Waals surface area contributed by atoms with Crippen molar-refractivity contribution in [1.82, 2.24) is 14.6 Å². The van der Waals surface area contributed by atoms with E-state index in [1.165, 1.54) is 17.1 Å². The van der Waals surface area contributed by atoms with Gasteiger partial charge in [0.05, 0.1) is 4.90 Å². The van der Waals surface area contributed by atoms with E-state index in [4.69, 9.17) is 0 Å². The Hall–Kier alpha value is -0.850. The van der Waals surface area contributed by atoms with E-state index in [1.54, 1.807) is 19.3 Å². The fraction of sp³-hybridized carbons (Fsp3) is 0.733. The van der Waals surface area contributed by atoms with Crippen LogP contribution in [0.3, 0.4) is 0 Å². The molecule has 2 N–H and O–H groups in total. The monoisotopic (exact) mass is 313 g/mol. The van der Waals surface area contributed by atoms with Crippen molar-refractivity contribution in [2.45, 2.75) is 57.0 Å². The Morgan fingerprint density at radius 1 is 1.38 bits per heavy atom. The third-order valence-corrected chi connectivity index (χ3v) is 5.92. The van der Waals surface area contributed by atoms with Gasteiger partial charge >= 0.3 is 0 Å². The molecule has 0 saturated heterocycles. The number of aromatic amines is 1. The molecule has 1 saturated carbocycles. The predicted molar refractivity (Wildman–Crippen MR) is 84.5 cm³/mol. The van der Waals surface area contributed by atoms with Crippen LogP contribution >= 0.6 is 0 Å². The van der Waals surface area contributed by atoms with Gasteiger partial charge in [-0.25, -0.2) is 12.7 Å². The summed E-state index contributed by atoms with van der Waals surface area (Å²) in [7, 11) is -1.68. The Bertz CT molecular complexity index is 545. The molecule has 0 aliphatic heterocycles. The third kappa shape index (κ3) is 4.31. The van der Waals surface area contributed by atoms with E-state index in [2.05, 4.69) is 24.1 Å². The molecular weight excluding hydrogens is 286 g/mol. The highest BCUT2D eigenvalue weighted by Crippen LogP contribution is 2.27. The van der Waals surface area contributed by atoms with Crippen molar-refractivity contribution in [2.75, 3.05) is 13.6 Å². The second-order valence-electron chi connectivity index (χ2n) is 6.33. The fourth-order valence-electron chi connectivity index (χ4n) is 2.82. The molecule has 1 aromatic heterocycles. The number of H-pyrrole nitrogens is 1. The van der Waals surface area contributed by atoms with Gasteiger partial charge in [-0.2, -0.15) is 0 Å². The second kappa shape index (κ2) is 6.94. The number of sulfonamides is 1. The second-order valence-corrected chi connectivity index (χ2v) is 8.38. The quantitative estimate of drug-likeness (QED) is 0.812. The minimum atomic E-state index is -3.37. The standard InChI is InChI=1S/C15H27N3O2S/c1-12(2)16-9-14-8-15(10-17-14)21(19,20)18(3)11-13-6-4-5-7-13/h8,10,12-13,16-17H,4-7,9,11H2,1-3H3. The summed E-state index contributed by atoms with van der Waals surface area (Å²) in [4.78, 5) is 3.41. The van der Waals surface area contributed by atoms with Gasteiger partial charge in [-0.15, -0.1) is 0 Å². The van der Waals surface area contributed by atoms with Crippen LogP contribution in [0.4, 0.5) is 0 Å². The molecule has 0 radical (unpaired) electrons. The van der Waals surface area contributed by atoms with Crippen LogP contribution in [0.15, 0.2) is 17.2 Å². The van der Waals surface area contributed by atoms with Crippen molar-refractivity contribution in [2.24, 2.45) is 5.92 Å². The third-order valence-electron chi connectivity index (χ3n) is 4.12. The first kappa shape index (κ1) is 16.5. The van der Waals surface area contributed by atoms with Crippen LogP contribution < -0.4 is 5.32 Å². The van der Waals surface area contributed by atoms with Gasteiger partial charge in [0, 0.05) is 38.1 Å². The Balaban J connectivity index is 2.00. The van der Waals surface area contributed by atoms with Crippen LogP contribution in [0, 0.1) is 5.92 Å². The molecule has 0 atom stereocenters. The van der Waals surface area contributed by atoms with Gasteiger partial charge < -0.3 is 10.3 Å². The number of nitrogens with zero attached hydrogens (tertiary/aromatic N) is 1. The lowest BCUT2D eigenvalue weighted by Gasteiger charge is -2.20. The first-order valence-corrected chi connectivity index (χ1v) is 9.20. The van der Waals surface area contributed by atoms with Gasteiger partial charge in [0.15, 0.2) is 0 Å². The maximum atomic E-state index is 12.6. The molecule has 120 valence electrons. The molecule has 0 amide bonds. The topological polar surface area (TPSA) is 65.2 Å². The van der Waals surface area contributed by atoms with Crippen LogP contribution in [0.2, 0.25) is 0 Å². The van der Waals surface area contributed by atoms with Crippen molar-refractivity contribution >= 4 is 10.0 Å². The zero-order valence-corrected chi connectivity index (χ0v) is 14.0. The first-order chi connectivity index (χ1) is 9.89. The van der Waals surface area contributed by atoms with E-state index < -0.39 is 10.0 Å². The molecule has 1 aliphatic carbocycles. The van der Waals surface area contributed by atoms with E-state index in [1.807, 2.05) is 0 Å². The highest BCUT2D eigenvalue weighted by molar-refractivity contribution is 7.89. The highest BCUT2D eigenvalue weighted by Gasteiger charge is 2.26. The molecule has 1 aliphatic rings. The van der Waals surface area contributed by atoms with Gasteiger partial charge in [0.25, 0.3) is 0 Å².